The van der Waals surface area contributed by atoms with Crippen molar-refractivity contribution in [3.8, 4) is 0 Å². The predicted octanol–water partition coefficient (Wildman–Crippen LogP) is 0.0174. The molecule has 0 aliphatic carbocycles. The van der Waals surface area contributed by atoms with Gasteiger partial charge in [-0.15, -0.1) is 0 Å². The standard InChI is InChI=1S/2Ce.H2O2/c;;1-2/h;;1-2H. The van der Waals surface area contributed by atoms with E-state index in [1.807, 2.05) is 0 Å². The minimum atomic E-state index is 0. The Labute approximate surface area is 91.7 Å². The van der Waals surface area contributed by atoms with E-state index in [0.717, 1.165) is 0 Å². The maximum Gasteiger partial charge on any atom is 0 e. The zero-order valence-electron chi connectivity index (χ0n) is 1.89. The number of hydrogen-bond acceptors (Lipinski definition) is 2. The molecule has 0 heterocycles. The summed E-state index contributed by atoms with van der Waals surface area (Å²) in [6, 6.07) is 0. The van der Waals surface area contributed by atoms with Crippen LogP contribution in [0.3, 0.4) is 0 Å². The maximum atomic E-state index is 6.00. The fourth-order valence-corrected chi connectivity index (χ4v) is 0. The summed E-state index contributed by atoms with van der Waals surface area (Å²) in [6.07, 6.45) is 0. The van der Waals surface area contributed by atoms with Crippen LogP contribution in [0.2, 0.25) is 0 Å². The van der Waals surface area contributed by atoms with Gasteiger partial charge in [0.25, 0.3) is 0 Å². The first-order chi connectivity index (χ1) is 1.00. The monoisotopic (exact) mass is 314 g/mol. The van der Waals surface area contributed by atoms with E-state index in [9.17, 15) is 0 Å². The quantitative estimate of drug-likeness (QED) is 0.489. The third kappa shape index (κ3) is 8.82. The first kappa shape index (κ1) is 15.9. The van der Waals surface area contributed by atoms with Crippen molar-refractivity contribution in [1.29, 1.82) is 0 Å². The van der Waals surface area contributed by atoms with E-state index in [1.54, 1.807) is 0 Å². The van der Waals surface area contributed by atoms with Gasteiger partial charge in [-0.2, -0.15) is 0 Å². The fourth-order valence-electron chi connectivity index (χ4n) is 0. The molecule has 0 aromatic carbocycles. The molecule has 0 unspecified atom stereocenters. The Balaban J connectivity index is -0.00000000500. The van der Waals surface area contributed by atoms with Crippen LogP contribution in [0.4, 0.5) is 0 Å². The fraction of sp³-hybridized carbons (Fsp3) is 0. The molecule has 0 radical (unpaired) electrons. The average Bonchev–Trinajstić information content (AvgIpc) is 1.00. The van der Waals surface area contributed by atoms with Gasteiger partial charge in [0, 0.05) is 83.5 Å². The summed E-state index contributed by atoms with van der Waals surface area (Å²) in [6.45, 7) is 0. The van der Waals surface area contributed by atoms with E-state index in [-0.39, 0.29) is 83.5 Å². The molecule has 4 heteroatoms. The van der Waals surface area contributed by atoms with Gasteiger partial charge in [0.15, 0.2) is 0 Å². The molecule has 0 saturated carbocycles. The first-order valence-corrected chi connectivity index (χ1v) is 0.200. The minimum absolute atomic E-state index is 0. The smallest absolute Gasteiger partial charge is 0 e. The Morgan fingerprint density at radius 1 is 0.750 bits per heavy atom. The molecule has 0 saturated heterocycles. The Morgan fingerprint density at radius 3 is 0.750 bits per heavy atom. The van der Waals surface area contributed by atoms with Crippen molar-refractivity contribution in [1.82, 2.24) is 0 Å². The summed E-state index contributed by atoms with van der Waals surface area (Å²) >= 11 is 0. The third-order valence-corrected chi connectivity index (χ3v) is 0. The summed E-state index contributed by atoms with van der Waals surface area (Å²) in [5.41, 5.74) is 0. The van der Waals surface area contributed by atoms with Gasteiger partial charge < -0.3 is 0 Å². The summed E-state index contributed by atoms with van der Waals surface area (Å²) in [5.74, 6) is 0. The molecule has 0 rings (SSSR count). The van der Waals surface area contributed by atoms with E-state index >= 15 is 0 Å². The Morgan fingerprint density at radius 2 is 0.750 bits per heavy atom. The molecule has 2 nitrogen and oxygen atoms in total. The second kappa shape index (κ2) is 17.3. The summed E-state index contributed by atoms with van der Waals surface area (Å²) < 4.78 is 0. The molecule has 0 aliphatic heterocycles. The molecule has 0 atom stereocenters. The molecular weight excluding hydrogens is 312 g/mol. The van der Waals surface area contributed by atoms with Crippen LogP contribution in [0.25, 0.3) is 0 Å². The Hall–Kier alpha value is 2.67. The zero-order chi connectivity index (χ0) is 2.00. The second-order valence-corrected chi connectivity index (χ2v) is 0. The van der Waals surface area contributed by atoms with Crippen molar-refractivity contribution in [2.45, 2.75) is 0 Å². The Bertz CT molecular complexity index is 4.00. The molecule has 0 spiro atoms. The van der Waals surface area contributed by atoms with Gasteiger partial charge in [0.2, 0.25) is 0 Å². The topological polar surface area (TPSA) is 40.5 Å². The second-order valence-electron chi connectivity index (χ2n) is 0. The summed E-state index contributed by atoms with van der Waals surface area (Å²) in [7, 11) is 0. The third-order valence-electron chi connectivity index (χ3n) is 0. The van der Waals surface area contributed by atoms with Crippen LogP contribution >= 0.6 is 0 Å². The van der Waals surface area contributed by atoms with E-state index in [4.69, 9.17) is 10.5 Å². The Kier molecular flexibility index (Phi) is 69.0. The van der Waals surface area contributed by atoms with Crippen molar-refractivity contribution in [3.63, 3.8) is 0 Å². The zero-order valence-corrected chi connectivity index (χ0v) is 8.17. The van der Waals surface area contributed by atoms with Gasteiger partial charge >= 0.3 is 0 Å². The van der Waals surface area contributed by atoms with E-state index in [2.05, 4.69) is 0 Å². The molecule has 0 aromatic rings. The van der Waals surface area contributed by atoms with Gasteiger partial charge in [-0.25, -0.2) is 0 Å². The molecule has 4 heavy (non-hydrogen) atoms. The molecule has 22 valence electrons. The van der Waals surface area contributed by atoms with Crippen LogP contribution in [0, 0.1) is 83.5 Å². The van der Waals surface area contributed by atoms with Crippen molar-refractivity contribution >= 4 is 0 Å². The van der Waals surface area contributed by atoms with Crippen molar-refractivity contribution < 1.29 is 94.0 Å². The van der Waals surface area contributed by atoms with E-state index in [1.165, 1.54) is 0 Å². The van der Waals surface area contributed by atoms with Gasteiger partial charge in [-0.1, -0.05) is 0 Å². The van der Waals surface area contributed by atoms with Gasteiger partial charge in [-0.05, 0) is 0 Å². The normalized spacial score (nSPS) is 1.50. The summed E-state index contributed by atoms with van der Waals surface area (Å²) in [5, 5.41) is 12.0. The van der Waals surface area contributed by atoms with Crippen LogP contribution < -0.4 is 0 Å². The van der Waals surface area contributed by atoms with Crippen LogP contribution in [-0.4, -0.2) is 10.5 Å². The maximum absolute atomic E-state index is 6.00. The summed E-state index contributed by atoms with van der Waals surface area (Å²) in [4.78, 5) is 0. The molecule has 0 fully saturated rings. The van der Waals surface area contributed by atoms with Crippen LogP contribution in [0.1, 0.15) is 0 Å². The van der Waals surface area contributed by atoms with E-state index in [0.29, 0.717) is 0 Å². The largest absolute Gasteiger partial charge is 0.255 e. The average molecular weight is 314 g/mol. The van der Waals surface area contributed by atoms with Gasteiger partial charge in [-0.3, -0.25) is 10.5 Å². The van der Waals surface area contributed by atoms with Crippen molar-refractivity contribution in [2.24, 2.45) is 0 Å². The van der Waals surface area contributed by atoms with Crippen molar-refractivity contribution in [2.75, 3.05) is 0 Å². The molecule has 2 N–H and O–H groups in total. The SMILES string of the molecule is OO.[Ce].[Ce]. The van der Waals surface area contributed by atoms with Gasteiger partial charge in [0.05, 0.1) is 0 Å². The molecule has 0 aliphatic rings. The van der Waals surface area contributed by atoms with Gasteiger partial charge in [0.1, 0.15) is 0 Å². The van der Waals surface area contributed by atoms with E-state index < -0.39 is 0 Å². The predicted molar refractivity (Wildman–Crippen MR) is 5.26 cm³/mol. The number of hydrogen-bond donors (Lipinski definition) is 2. The van der Waals surface area contributed by atoms with Crippen LogP contribution in [0.5, 0.6) is 0 Å². The molecule has 0 bridgehead atoms. The molecule has 0 aromatic heterocycles. The molecule has 0 amide bonds. The first-order valence-electron chi connectivity index (χ1n) is 0.200. The minimum Gasteiger partial charge on any atom is -0.255 e. The van der Waals surface area contributed by atoms with Crippen LogP contribution in [0.15, 0.2) is 0 Å². The van der Waals surface area contributed by atoms with Crippen LogP contribution in [-0.2, 0) is 0 Å². The molecular formula is H2Ce2O2. The number of rotatable bonds is 0. The van der Waals surface area contributed by atoms with Crippen molar-refractivity contribution in [3.05, 3.63) is 0 Å².